The monoisotopic (exact) mass is 456 g/mol. The molecule has 2 rings (SSSR count). The standard InChI is InChI=1S/C18H22Br2N2O2/c1-2-3-4-5-6-16(23)24-17(14-7-9-15(19)10-8-14)18(20)22-12-11-21-13-22/h7-13,17-18H,2-6H2,1H3. The van der Waals surface area contributed by atoms with Crippen LogP contribution in [0.15, 0.2) is 47.5 Å². The normalized spacial score (nSPS) is 13.5. The summed E-state index contributed by atoms with van der Waals surface area (Å²) in [5, 5.41) is 0. The van der Waals surface area contributed by atoms with Crippen molar-refractivity contribution in [2.24, 2.45) is 0 Å². The second kappa shape index (κ2) is 9.99. The van der Waals surface area contributed by atoms with E-state index in [-0.39, 0.29) is 10.9 Å². The van der Waals surface area contributed by atoms with E-state index >= 15 is 0 Å². The predicted octanol–water partition coefficient (Wildman–Crippen LogP) is 5.79. The minimum atomic E-state index is -0.411. The number of esters is 1. The fraction of sp³-hybridized carbons (Fsp3) is 0.444. The third kappa shape index (κ3) is 5.74. The first-order chi connectivity index (χ1) is 11.6. The summed E-state index contributed by atoms with van der Waals surface area (Å²) in [6, 6.07) is 7.82. The molecule has 2 unspecified atom stereocenters. The van der Waals surface area contributed by atoms with Crippen LogP contribution >= 0.6 is 31.9 Å². The summed E-state index contributed by atoms with van der Waals surface area (Å²) in [5.41, 5.74) is 0.940. The quantitative estimate of drug-likeness (QED) is 0.271. The lowest BCUT2D eigenvalue weighted by Gasteiger charge is -2.24. The maximum absolute atomic E-state index is 12.3. The van der Waals surface area contributed by atoms with Crippen LogP contribution in [0.2, 0.25) is 0 Å². The molecule has 0 saturated carbocycles. The zero-order valence-electron chi connectivity index (χ0n) is 13.7. The van der Waals surface area contributed by atoms with Crippen molar-refractivity contribution in [3.05, 3.63) is 53.0 Å². The maximum atomic E-state index is 12.3. The van der Waals surface area contributed by atoms with Gasteiger partial charge >= 0.3 is 5.97 Å². The van der Waals surface area contributed by atoms with E-state index in [1.54, 1.807) is 12.5 Å². The van der Waals surface area contributed by atoms with Crippen molar-refractivity contribution in [1.29, 1.82) is 0 Å². The average Bonchev–Trinajstić information content (AvgIpc) is 3.11. The molecule has 1 aromatic carbocycles. The predicted molar refractivity (Wildman–Crippen MR) is 102 cm³/mol. The lowest BCUT2D eigenvalue weighted by molar-refractivity contribution is -0.150. The molecule has 130 valence electrons. The number of hydrogen-bond acceptors (Lipinski definition) is 3. The van der Waals surface area contributed by atoms with E-state index < -0.39 is 6.10 Å². The molecule has 0 aliphatic heterocycles. The molecule has 0 N–H and O–H groups in total. The van der Waals surface area contributed by atoms with E-state index in [0.717, 1.165) is 35.7 Å². The number of benzene rings is 1. The van der Waals surface area contributed by atoms with E-state index in [0.29, 0.717) is 6.42 Å². The van der Waals surface area contributed by atoms with Crippen LogP contribution in [0.1, 0.15) is 55.6 Å². The Morgan fingerprint density at radius 2 is 2.00 bits per heavy atom. The highest BCUT2D eigenvalue weighted by Gasteiger charge is 2.26. The largest absolute Gasteiger partial charge is 0.454 e. The Hall–Kier alpha value is -1.14. The van der Waals surface area contributed by atoms with Gasteiger partial charge in [0, 0.05) is 23.3 Å². The first-order valence-electron chi connectivity index (χ1n) is 8.18. The van der Waals surface area contributed by atoms with Gasteiger partial charge in [0.1, 0.15) is 4.95 Å². The van der Waals surface area contributed by atoms with E-state index in [1.807, 2.05) is 35.0 Å². The van der Waals surface area contributed by atoms with Crippen LogP contribution in [-0.4, -0.2) is 15.5 Å². The zero-order chi connectivity index (χ0) is 17.4. The molecule has 6 heteroatoms. The average molecular weight is 458 g/mol. The molecular weight excluding hydrogens is 436 g/mol. The number of alkyl halides is 1. The van der Waals surface area contributed by atoms with Gasteiger partial charge < -0.3 is 9.30 Å². The molecule has 2 aromatic rings. The maximum Gasteiger partial charge on any atom is 0.306 e. The summed E-state index contributed by atoms with van der Waals surface area (Å²) in [6.07, 6.45) is 9.55. The second-order valence-corrected chi connectivity index (χ2v) is 7.51. The highest BCUT2D eigenvalue weighted by atomic mass is 79.9. The van der Waals surface area contributed by atoms with Crippen molar-refractivity contribution in [3.63, 3.8) is 0 Å². The van der Waals surface area contributed by atoms with Gasteiger partial charge in [0.15, 0.2) is 6.10 Å². The summed E-state index contributed by atoms with van der Waals surface area (Å²) in [7, 11) is 0. The first-order valence-corrected chi connectivity index (χ1v) is 9.89. The number of hydrogen-bond donors (Lipinski definition) is 0. The smallest absolute Gasteiger partial charge is 0.306 e. The van der Waals surface area contributed by atoms with Gasteiger partial charge in [-0.05, 0) is 24.1 Å². The van der Waals surface area contributed by atoms with E-state index in [1.165, 1.54) is 0 Å². The van der Waals surface area contributed by atoms with Gasteiger partial charge in [0.05, 0.1) is 6.33 Å². The first kappa shape index (κ1) is 19.2. The lowest BCUT2D eigenvalue weighted by atomic mass is 10.1. The molecule has 0 bridgehead atoms. The van der Waals surface area contributed by atoms with Gasteiger partial charge in [-0.1, -0.05) is 70.2 Å². The van der Waals surface area contributed by atoms with Crippen LogP contribution in [0.5, 0.6) is 0 Å². The third-order valence-electron chi connectivity index (χ3n) is 3.75. The molecule has 24 heavy (non-hydrogen) atoms. The van der Waals surface area contributed by atoms with Crippen molar-refractivity contribution in [3.8, 4) is 0 Å². The highest BCUT2D eigenvalue weighted by Crippen LogP contribution is 2.35. The Morgan fingerprint density at radius 1 is 1.25 bits per heavy atom. The number of rotatable bonds is 9. The molecule has 1 heterocycles. The van der Waals surface area contributed by atoms with Crippen LogP contribution in [0.4, 0.5) is 0 Å². The van der Waals surface area contributed by atoms with E-state index in [9.17, 15) is 4.79 Å². The number of halogens is 2. The number of carbonyl (C=O) groups is 1. The molecule has 0 aliphatic rings. The minimum Gasteiger partial charge on any atom is -0.454 e. The molecule has 0 aliphatic carbocycles. The molecule has 1 aromatic heterocycles. The number of carbonyl (C=O) groups excluding carboxylic acids is 1. The van der Waals surface area contributed by atoms with Crippen LogP contribution < -0.4 is 0 Å². The SMILES string of the molecule is CCCCCCC(=O)OC(c1ccc(Br)cc1)C(Br)n1ccnc1. The van der Waals surface area contributed by atoms with E-state index in [4.69, 9.17) is 4.74 Å². The van der Waals surface area contributed by atoms with Crippen LogP contribution in [0.3, 0.4) is 0 Å². The number of unbranched alkanes of at least 4 members (excludes halogenated alkanes) is 3. The van der Waals surface area contributed by atoms with Crippen molar-refractivity contribution >= 4 is 37.8 Å². The van der Waals surface area contributed by atoms with Gasteiger partial charge in [-0.15, -0.1) is 0 Å². The van der Waals surface area contributed by atoms with Gasteiger partial charge in [-0.25, -0.2) is 4.98 Å². The summed E-state index contributed by atoms with van der Waals surface area (Å²) in [4.78, 5) is 16.1. The molecular formula is C18H22Br2N2O2. The number of nitrogens with zero attached hydrogens (tertiary/aromatic N) is 2. The molecule has 0 saturated heterocycles. The highest BCUT2D eigenvalue weighted by molar-refractivity contribution is 9.10. The summed E-state index contributed by atoms with van der Waals surface area (Å²) in [5.74, 6) is -0.163. The Kier molecular flexibility index (Phi) is 7.99. The van der Waals surface area contributed by atoms with Crippen LogP contribution in [-0.2, 0) is 9.53 Å². The molecule has 4 nitrogen and oxygen atoms in total. The van der Waals surface area contributed by atoms with Gasteiger partial charge in [0.25, 0.3) is 0 Å². The Morgan fingerprint density at radius 3 is 2.62 bits per heavy atom. The fourth-order valence-electron chi connectivity index (χ4n) is 2.40. The Bertz CT molecular complexity index is 614. The molecule has 0 amide bonds. The Labute approximate surface area is 159 Å². The summed E-state index contributed by atoms with van der Waals surface area (Å²) >= 11 is 7.08. The molecule has 0 spiro atoms. The summed E-state index contributed by atoms with van der Waals surface area (Å²) < 4.78 is 8.67. The van der Waals surface area contributed by atoms with Crippen molar-refractivity contribution in [1.82, 2.24) is 9.55 Å². The van der Waals surface area contributed by atoms with Crippen molar-refractivity contribution in [2.75, 3.05) is 0 Å². The summed E-state index contributed by atoms with van der Waals surface area (Å²) in [6.45, 7) is 2.16. The van der Waals surface area contributed by atoms with E-state index in [2.05, 4.69) is 43.8 Å². The van der Waals surface area contributed by atoms with Crippen LogP contribution in [0.25, 0.3) is 0 Å². The topological polar surface area (TPSA) is 44.1 Å². The zero-order valence-corrected chi connectivity index (χ0v) is 16.9. The fourth-order valence-corrected chi connectivity index (χ4v) is 3.32. The Balaban J connectivity index is 2.08. The number of aromatic nitrogens is 2. The molecule has 0 radical (unpaired) electrons. The number of imidazole rings is 1. The second-order valence-electron chi connectivity index (χ2n) is 5.66. The van der Waals surface area contributed by atoms with Gasteiger partial charge in [0.2, 0.25) is 0 Å². The van der Waals surface area contributed by atoms with Gasteiger partial charge in [-0.2, -0.15) is 0 Å². The van der Waals surface area contributed by atoms with Crippen molar-refractivity contribution in [2.45, 2.75) is 50.1 Å². The van der Waals surface area contributed by atoms with Crippen LogP contribution in [0, 0.1) is 0 Å². The minimum absolute atomic E-state index is 0.163. The van der Waals surface area contributed by atoms with Gasteiger partial charge in [-0.3, -0.25) is 4.79 Å². The third-order valence-corrected chi connectivity index (χ3v) is 5.23. The molecule has 2 atom stereocenters. The number of ether oxygens (including phenoxy) is 1. The van der Waals surface area contributed by atoms with Crippen molar-refractivity contribution < 1.29 is 9.53 Å². The lowest BCUT2D eigenvalue weighted by Crippen LogP contribution is -2.18. The molecule has 0 fully saturated rings.